The number of nitrogens with one attached hydrogen (secondary N) is 1. The number of carbonyl (C=O) groups excluding carboxylic acids is 1. The zero-order valence-corrected chi connectivity index (χ0v) is 16.6. The number of hydrogen-bond donors (Lipinski definition) is 1. The molecule has 0 atom stereocenters. The Morgan fingerprint density at radius 2 is 1.65 bits per heavy atom. The summed E-state index contributed by atoms with van der Waals surface area (Å²) in [5, 5.41) is 7.71. The maximum absolute atomic E-state index is 13.5. The summed E-state index contributed by atoms with van der Waals surface area (Å²) in [6, 6.07) is 9.57. The molecule has 0 aromatic heterocycles. The van der Waals surface area contributed by atoms with Crippen LogP contribution in [0.1, 0.15) is 0 Å². The Kier molecular flexibility index (Phi) is 7.47. The van der Waals surface area contributed by atoms with Crippen LogP contribution in [0.4, 0.5) is 42.1 Å². The molecule has 0 radical (unpaired) electrons. The van der Waals surface area contributed by atoms with Crippen LogP contribution < -0.4 is 5.32 Å². The van der Waals surface area contributed by atoms with E-state index in [9.17, 15) is 45.6 Å². The van der Waals surface area contributed by atoms with Crippen LogP contribution in [0.3, 0.4) is 0 Å². The Morgan fingerprint density at radius 3 is 2.26 bits per heavy atom. The highest BCUT2D eigenvalue weighted by atomic mass is 32.2. The molecule has 0 saturated carbocycles. The van der Waals surface area contributed by atoms with Gasteiger partial charge in [0.15, 0.2) is 0 Å². The monoisotopic (exact) mass is 488 g/mol. The van der Waals surface area contributed by atoms with E-state index in [0.29, 0.717) is 0 Å². The van der Waals surface area contributed by atoms with Gasteiger partial charge in [-0.2, -0.15) is 30.7 Å². The Morgan fingerprint density at radius 1 is 1.00 bits per heavy atom. The maximum atomic E-state index is 13.5. The van der Waals surface area contributed by atoms with E-state index in [1.165, 1.54) is 30.3 Å². The summed E-state index contributed by atoms with van der Waals surface area (Å²) < 4.78 is 89.9. The molecule has 0 spiro atoms. The molecule has 1 amide bonds. The average molecular weight is 488 g/mol. The fourth-order valence-electron chi connectivity index (χ4n) is 2.08. The van der Waals surface area contributed by atoms with Crippen LogP contribution in [0.15, 0.2) is 58.3 Å². The van der Waals surface area contributed by atoms with E-state index in [-0.39, 0.29) is 22.0 Å². The van der Waals surface area contributed by atoms with Crippen LogP contribution in [0.25, 0.3) is 0 Å². The molecule has 168 valence electrons. The van der Waals surface area contributed by atoms with Gasteiger partial charge in [0.2, 0.25) is 5.91 Å². The lowest BCUT2D eigenvalue weighted by molar-refractivity contribution is -0.387. The standard InChI is InChI=1S/C17H11F7N2O3S2/c18-15(19,16(20,21)22)17(23,24)31-11-5-3-4-10(8-11)25-14(27)9-30-13-7-2-1-6-12(13)26(28)29/h1-8H,9H2,(H,25,27). The molecule has 0 bridgehead atoms. The summed E-state index contributed by atoms with van der Waals surface area (Å²) >= 11 is -0.179. The van der Waals surface area contributed by atoms with Gasteiger partial charge in [-0.15, -0.1) is 11.8 Å². The van der Waals surface area contributed by atoms with Crippen molar-refractivity contribution in [1.82, 2.24) is 0 Å². The van der Waals surface area contributed by atoms with Crippen molar-refractivity contribution >= 4 is 40.8 Å². The lowest BCUT2D eigenvalue weighted by Crippen LogP contribution is -2.49. The van der Waals surface area contributed by atoms with Crippen molar-refractivity contribution in [2.24, 2.45) is 0 Å². The van der Waals surface area contributed by atoms with E-state index in [0.717, 1.165) is 30.0 Å². The van der Waals surface area contributed by atoms with E-state index in [2.05, 4.69) is 5.32 Å². The topological polar surface area (TPSA) is 72.2 Å². The first-order chi connectivity index (χ1) is 14.2. The lowest BCUT2D eigenvalue weighted by Gasteiger charge is -2.27. The number of nitro benzene ring substituents is 1. The summed E-state index contributed by atoms with van der Waals surface area (Å²) in [6.45, 7) is 0. The smallest absolute Gasteiger partial charge is 0.325 e. The third-order valence-electron chi connectivity index (χ3n) is 3.51. The van der Waals surface area contributed by atoms with Crippen molar-refractivity contribution < 1.29 is 40.5 Å². The van der Waals surface area contributed by atoms with E-state index >= 15 is 0 Å². The van der Waals surface area contributed by atoms with Crippen molar-refractivity contribution in [1.29, 1.82) is 0 Å². The molecule has 31 heavy (non-hydrogen) atoms. The minimum absolute atomic E-state index is 0.135. The van der Waals surface area contributed by atoms with Crippen molar-refractivity contribution in [3.8, 4) is 0 Å². The molecule has 0 saturated heterocycles. The zero-order valence-electron chi connectivity index (χ0n) is 15.0. The molecule has 14 heteroatoms. The summed E-state index contributed by atoms with van der Waals surface area (Å²) in [6.07, 6.45) is -6.45. The first-order valence-corrected chi connectivity index (χ1v) is 9.82. The highest BCUT2D eigenvalue weighted by Gasteiger charge is 2.73. The van der Waals surface area contributed by atoms with Crippen molar-refractivity contribution in [2.75, 3.05) is 11.1 Å². The molecule has 0 aliphatic rings. The third-order valence-corrected chi connectivity index (χ3v) is 5.57. The van der Waals surface area contributed by atoms with Gasteiger partial charge in [-0.3, -0.25) is 14.9 Å². The van der Waals surface area contributed by atoms with Crippen LogP contribution >= 0.6 is 23.5 Å². The van der Waals surface area contributed by atoms with E-state index in [1.54, 1.807) is 0 Å². The summed E-state index contributed by atoms with van der Waals surface area (Å²) in [7, 11) is 0. The predicted molar refractivity (Wildman–Crippen MR) is 101 cm³/mol. The van der Waals surface area contributed by atoms with E-state index < -0.39 is 44.8 Å². The van der Waals surface area contributed by atoms with Crippen LogP contribution in [0, 0.1) is 10.1 Å². The molecular formula is C17H11F7N2O3S2. The van der Waals surface area contributed by atoms with Crippen molar-refractivity contribution in [2.45, 2.75) is 27.1 Å². The van der Waals surface area contributed by atoms with Gasteiger partial charge in [0, 0.05) is 16.6 Å². The van der Waals surface area contributed by atoms with Gasteiger partial charge in [-0.05, 0) is 36.0 Å². The number of rotatable bonds is 8. The largest absolute Gasteiger partial charge is 0.460 e. The molecule has 0 fully saturated rings. The fraction of sp³-hybridized carbons (Fsp3) is 0.235. The molecule has 0 unspecified atom stereocenters. The Balaban J connectivity index is 2.06. The third kappa shape index (κ3) is 6.03. The highest BCUT2D eigenvalue weighted by Crippen LogP contribution is 2.53. The van der Waals surface area contributed by atoms with Gasteiger partial charge in [0.05, 0.1) is 15.6 Å². The van der Waals surface area contributed by atoms with E-state index in [1.807, 2.05) is 0 Å². The molecule has 0 aliphatic carbocycles. The zero-order chi connectivity index (χ0) is 23.4. The Hall–Kier alpha value is -2.48. The molecule has 1 N–H and O–H groups in total. The maximum Gasteiger partial charge on any atom is 0.460 e. The normalized spacial score (nSPS) is 12.5. The minimum Gasteiger partial charge on any atom is -0.325 e. The summed E-state index contributed by atoms with van der Waals surface area (Å²) in [4.78, 5) is 21.9. The van der Waals surface area contributed by atoms with Crippen molar-refractivity contribution in [3.05, 3.63) is 58.6 Å². The van der Waals surface area contributed by atoms with Gasteiger partial charge in [0.25, 0.3) is 5.69 Å². The van der Waals surface area contributed by atoms with Gasteiger partial charge in [-0.1, -0.05) is 18.2 Å². The predicted octanol–water partition coefficient (Wildman–Crippen LogP) is 6.21. The minimum atomic E-state index is -6.45. The number of alkyl halides is 7. The number of thioether (sulfide) groups is 2. The Bertz CT molecular complexity index is 971. The first kappa shape index (κ1) is 24.8. The molecule has 2 rings (SSSR count). The number of nitrogens with zero attached hydrogens (tertiary/aromatic N) is 1. The van der Waals surface area contributed by atoms with Gasteiger partial charge >= 0.3 is 17.4 Å². The fourth-order valence-corrected chi connectivity index (χ4v) is 3.78. The number of halogens is 7. The second kappa shape index (κ2) is 9.34. The molecule has 2 aromatic rings. The van der Waals surface area contributed by atoms with Gasteiger partial charge in [-0.25, -0.2) is 0 Å². The molecule has 2 aromatic carbocycles. The number of nitro groups is 1. The number of benzene rings is 2. The lowest BCUT2D eigenvalue weighted by atomic mass is 10.3. The first-order valence-electron chi connectivity index (χ1n) is 8.02. The Labute approximate surface area is 178 Å². The van der Waals surface area contributed by atoms with Crippen LogP contribution in [-0.2, 0) is 4.79 Å². The highest BCUT2D eigenvalue weighted by molar-refractivity contribution is 8.00. The van der Waals surface area contributed by atoms with Gasteiger partial charge < -0.3 is 5.32 Å². The number of anilines is 1. The molecule has 0 heterocycles. The molecule has 0 aliphatic heterocycles. The average Bonchev–Trinajstić information content (AvgIpc) is 2.65. The molecule has 5 nitrogen and oxygen atoms in total. The van der Waals surface area contributed by atoms with Crippen LogP contribution in [0.5, 0.6) is 0 Å². The quantitative estimate of drug-likeness (QED) is 0.207. The SMILES string of the molecule is O=C(CSc1ccccc1[N+](=O)[O-])Nc1cccc(SC(F)(F)C(F)(F)C(F)(F)F)c1. The number of amides is 1. The summed E-state index contributed by atoms with van der Waals surface area (Å²) in [5.74, 6) is -7.30. The van der Waals surface area contributed by atoms with Crippen LogP contribution in [-0.4, -0.2) is 33.9 Å². The van der Waals surface area contributed by atoms with Crippen LogP contribution in [0.2, 0.25) is 0 Å². The van der Waals surface area contributed by atoms with Gasteiger partial charge in [0.1, 0.15) is 0 Å². The molecular weight excluding hydrogens is 477 g/mol. The second-order valence-electron chi connectivity index (χ2n) is 5.78. The van der Waals surface area contributed by atoms with E-state index in [4.69, 9.17) is 0 Å². The number of para-hydroxylation sites is 1. The number of hydrogen-bond acceptors (Lipinski definition) is 5. The van der Waals surface area contributed by atoms with Crippen molar-refractivity contribution in [3.63, 3.8) is 0 Å². The number of carbonyl (C=O) groups is 1. The second-order valence-corrected chi connectivity index (χ2v) is 7.99. The summed E-state index contributed by atoms with van der Waals surface area (Å²) in [5.41, 5.74) is -0.365.